The molecule has 1 amide bonds. The number of hydrogen-bond acceptors (Lipinski definition) is 4. The SMILES string of the molecule is COc1cc2c(cc1OC)C(c1ccccc1)N(CCN1CCCC1=O)CC2. The van der Waals surface area contributed by atoms with E-state index in [1.807, 2.05) is 4.90 Å². The first-order chi connectivity index (χ1) is 13.7. The van der Waals surface area contributed by atoms with E-state index in [-0.39, 0.29) is 6.04 Å². The highest BCUT2D eigenvalue weighted by molar-refractivity contribution is 5.78. The zero-order valence-electron chi connectivity index (χ0n) is 16.7. The first-order valence-corrected chi connectivity index (χ1v) is 10.0. The lowest BCUT2D eigenvalue weighted by molar-refractivity contribution is -0.127. The lowest BCUT2D eigenvalue weighted by Crippen LogP contribution is -2.41. The summed E-state index contributed by atoms with van der Waals surface area (Å²) in [5, 5.41) is 0. The molecule has 0 aromatic heterocycles. The minimum Gasteiger partial charge on any atom is -0.493 e. The molecule has 2 aromatic rings. The number of benzene rings is 2. The molecule has 148 valence electrons. The highest BCUT2D eigenvalue weighted by atomic mass is 16.5. The second-order valence-corrected chi connectivity index (χ2v) is 7.49. The van der Waals surface area contributed by atoms with E-state index in [0.717, 1.165) is 50.5 Å². The average Bonchev–Trinajstić information content (AvgIpc) is 3.16. The molecule has 0 spiro atoms. The van der Waals surface area contributed by atoms with Crippen LogP contribution in [0.3, 0.4) is 0 Å². The molecule has 5 heteroatoms. The third kappa shape index (κ3) is 3.59. The van der Waals surface area contributed by atoms with E-state index >= 15 is 0 Å². The van der Waals surface area contributed by atoms with Crippen LogP contribution in [-0.2, 0) is 11.2 Å². The van der Waals surface area contributed by atoms with Gasteiger partial charge in [-0.1, -0.05) is 30.3 Å². The van der Waals surface area contributed by atoms with Gasteiger partial charge in [0.2, 0.25) is 5.91 Å². The smallest absolute Gasteiger partial charge is 0.222 e. The number of hydrogen-bond donors (Lipinski definition) is 0. The topological polar surface area (TPSA) is 42.0 Å². The van der Waals surface area contributed by atoms with Gasteiger partial charge in [-0.3, -0.25) is 9.69 Å². The Labute approximate surface area is 166 Å². The lowest BCUT2D eigenvalue weighted by atomic mass is 9.87. The fraction of sp³-hybridized carbons (Fsp3) is 0.435. The van der Waals surface area contributed by atoms with Crippen LogP contribution in [0.15, 0.2) is 42.5 Å². The molecule has 1 unspecified atom stereocenters. The second kappa shape index (κ2) is 8.23. The van der Waals surface area contributed by atoms with Gasteiger partial charge >= 0.3 is 0 Å². The summed E-state index contributed by atoms with van der Waals surface area (Å²) in [5.41, 5.74) is 3.84. The van der Waals surface area contributed by atoms with Crippen LogP contribution in [0.4, 0.5) is 0 Å². The summed E-state index contributed by atoms with van der Waals surface area (Å²) >= 11 is 0. The number of carbonyl (C=O) groups excluding carboxylic acids is 1. The molecule has 2 heterocycles. The number of methoxy groups -OCH3 is 2. The molecule has 0 bridgehead atoms. The summed E-state index contributed by atoms with van der Waals surface area (Å²) in [6, 6.07) is 15.0. The van der Waals surface area contributed by atoms with Crippen LogP contribution in [0.25, 0.3) is 0 Å². The molecule has 2 aromatic carbocycles. The van der Waals surface area contributed by atoms with Gasteiger partial charge in [-0.2, -0.15) is 0 Å². The van der Waals surface area contributed by atoms with Gasteiger partial charge in [-0.15, -0.1) is 0 Å². The van der Waals surface area contributed by atoms with Gasteiger partial charge in [0.1, 0.15) is 0 Å². The summed E-state index contributed by atoms with van der Waals surface area (Å²) < 4.78 is 11.1. The first kappa shape index (κ1) is 18.8. The molecule has 4 rings (SSSR count). The zero-order chi connectivity index (χ0) is 19.5. The summed E-state index contributed by atoms with van der Waals surface area (Å²) in [7, 11) is 3.36. The Balaban J connectivity index is 1.67. The number of amides is 1. The van der Waals surface area contributed by atoms with Crippen molar-refractivity contribution < 1.29 is 14.3 Å². The standard InChI is InChI=1S/C23H28N2O3/c1-27-20-15-18-10-12-25(14-13-24-11-6-9-22(24)26)23(17-7-4-3-5-8-17)19(18)16-21(20)28-2/h3-5,7-8,15-16,23H,6,9-14H2,1-2H3. The Bertz CT molecular complexity index is 837. The summed E-state index contributed by atoms with van der Waals surface area (Å²) in [5.74, 6) is 1.84. The van der Waals surface area contributed by atoms with Crippen molar-refractivity contribution in [2.24, 2.45) is 0 Å². The van der Waals surface area contributed by atoms with Crippen LogP contribution in [0.2, 0.25) is 0 Å². The van der Waals surface area contributed by atoms with Crippen LogP contribution >= 0.6 is 0 Å². The van der Waals surface area contributed by atoms with Gasteiger partial charge < -0.3 is 14.4 Å². The van der Waals surface area contributed by atoms with E-state index in [1.54, 1.807) is 14.2 Å². The number of nitrogens with zero attached hydrogens (tertiary/aromatic N) is 2. The van der Waals surface area contributed by atoms with E-state index in [9.17, 15) is 4.79 Å². The van der Waals surface area contributed by atoms with E-state index in [1.165, 1.54) is 16.7 Å². The molecule has 0 aliphatic carbocycles. The van der Waals surface area contributed by atoms with Gasteiger partial charge in [0, 0.05) is 32.6 Å². The monoisotopic (exact) mass is 380 g/mol. The quantitative estimate of drug-likeness (QED) is 0.771. The number of fused-ring (bicyclic) bond motifs is 1. The highest BCUT2D eigenvalue weighted by Crippen LogP contribution is 2.40. The lowest BCUT2D eigenvalue weighted by Gasteiger charge is -2.39. The number of likely N-dealkylation sites (tertiary alicyclic amines) is 1. The largest absolute Gasteiger partial charge is 0.493 e. The summed E-state index contributed by atoms with van der Waals surface area (Å²) in [6.45, 7) is 3.53. The minimum absolute atomic E-state index is 0.155. The normalized spacial score (nSPS) is 19.6. The van der Waals surface area contributed by atoms with Crippen molar-refractivity contribution >= 4 is 5.91 Å². The van der Waals surface area contributed by atoms with Crippen molar-refractivity contribution in [3.05, 3.63) is 59.2 Å². The van der Waals surface area contributed by atoms with Gasteiger partial charge in [0.25, 0.3) is 0 Å². The maximum atomic E-state index is 12.0. The van der Waals surface area contributed by atoms with Crippen LogP contribution < -0.4 is 9.47 Å². The number of carbonyl (C=O) groups is 1. The highest BCUT2D eigenvalue weighted by Gasteiger charge is 2.31. The Morgan fingerprint density at radius 1 is 0.964 bits per heavy atom. The van der Waals surface area contributed by atoms with Crippen LogP contribution in [-0.4, -0.2) is 56.1 Å². The van der Waals surface area contributed by atoms with Crippen LogP contribution in [0.1, 0.15) is 35.6 Å². The van der Waals surface area contributed by atoms with Gasteiger partial charge in [0.15, 0.2) is 11.5 Å². The van der Waals surface area contributed by atoms with Gasteiger partial charge in [-0.25, -0.2) is 0 Å². The molecule has 2 aliphatic heterocycles. The third-order valence-electron chi connectivity index (χ3n) is 5.92. The molecule has 5 nitrogen and oxygen atoms in total. The molecule has 2 aliphatic rings. The summed E-state index contributed by atoms with van der Waals surface area (Å²) in [6.07, 6.45) is 2.65. The molecule has 0 radical (unpaired) electrons. The van der Waals surface area contributed by atoms with Crippen molar-refractivity contribution in [2.45, 2.75) is 25.3 Å². The van der Waals surface area contributed by atoms with Crippen molar-refractivity contribution in [2.75, 3.05) is 40.4 Å². The average molecular weight is 380 g/mol. The maximum Gasteiger partial charge on any atom is 0.222 e. The molecule has 1 atom stereocenters. The maximum absolute atomic E-state index is 12.0. The fourth-order valence-electron chi connectivity index (χ4n) is 4.45. The zero-order valence-corrected chi connectivity index (χ0v) is 16.7. The molecule has 0 saturated carbocycles. The Morgan fingerprint density at radius 2 is 1.71 bits per heavy atom. The van der Waals surface area contributed by atoms with Crippen molar-refractivity contribution in [1.29, 1.82) is 0 Å². The van der Waals surface area contributed by atoms with Crippen LogP contribution in [0.5, 0.6) is 11.5 Å². The van der Waals surface area contributed by atoms with Gasteiger partial charge in [0.05, 0.1) is 20.3 Å². The fourth-order valence-corrected chi connectivity index (χ4v) is 4.45. The molecule has 1 saturated heterocycles. The van der Waals surface area contributed by atoms with Crippen molar-refractivity contribution in [3.63, 3.8) is 0 Å². The number of ether oxygens (including phenoxy) is 2. The molecule has 28 heavy (non-hydrogen) atoms. The third-order valence-corrected chi connectivity index (χ3v) is 5.92. The Hall–Kier alpha value is -2.53. The molecule has 0 N–H and O–H groups in total. The van der Waals surface area contributed by atoms with E-state index in [4.69, 9.17) is 9.47 Å². The van der Waals surface area contributed by atoms with Crippen LogP contribution in [0, 0.1) is 0 Å². The second-order valence-electron chi connectivity index (χ2n) is 7.49. The predicted octanol–water partition coefficient (Wildman–Crippen LogP) is 3.27. The van der Waals surface area contributed by atoms with Crippen molar-refractivity contribution in [1.82, 2.24) is 9.80 Å². The minimum atomic E-state index is 0.155. The van der Waals surface area contributed by atoms with Gasteiger partial charge in [-0.05, 0) is 41.7 Å². The van der Waals surface area contributed by atoms with Crippen molar-refractivity contribution in [3.8, 4) is 11.5 Å². The first-order valence-electron chi connectivity index (χ1n) is 10.0. The van der Waals surface area contributed by atoms with E-state index in [2.05, 4.69) is 47.4 Å². The molecular weight excluding hydrogens is 352 g/mol. The van der Waals surface area contributed by atoms with E-state index < -0.39 is 0 Å². The molecular formula is C23H28N2O3. The Kier molecular flexibility index (Phi) is 5.53. The predicted molar refractivity (Wildman–Crippen MR) is 109 cm³/mol. The Morgan fingerprint density at radius 3 is 2.39 bits per heavy atom. The van der Waals surface area contributed by atoms with E-state index in [0.29, 0.717) is 12.3 Å². The number of rotatable bonds is 6. The molecule has 1 fully saturated rings. The summed E-state index contributed by atoms with van der Waals surface area (Å²) in [4.78, 5) is 16.5.